The van der Waals surface area contributed by atoms with Gasteiger partial charge in [0.05, 0.1) is 23.9 Å². The van der Waals surface area contributed by atoms with Crippen LogP contribution >= 0.6 is 0 Å². The number of carbonyl (C=O) groups is 1. The number of esters is 1. The molecule has 0 bridgehead atoms. The molecule has 0 spiro atoms. The summed E-state index contributed by atoms with van der Waals surface area (Å²) < 4.78 is 16.6. The van der Waals surface area contributed by atoms with Gasteiger partial charge in [-0.15, -0.1) is 0 Å². The first-order chi connectivity index (χ1) is 9.75. The Bertz CT molecular complexity index is 492. The number of hydrogen-bond donors (Lipinski definition) is 0. The van der Waals surface area contributed by atoms with E-state index in [4.69, 9.17) is 9.31 Å². The minimum atomic E-state index is -0.312. The van der Waals surface area contributed by atoms with E-state index in [1.165, 1.54) is 7.11 Å². The maximum absolute atomic E-state index is 11.4. The first-order valence-electron chi connectivity index (χ1n) is 7.28. The fraction of sp³-hybridized carbons (Fsp3) is 0.562. The van der Waals surface area contributed by atoms with E-state index in [9.17, 15) is 4.79 Å². The maximum Gasteiger partial charge on any atom is 0.458 e. The van der Waals surface area contributed by atoms with Crippen LogP contribution in [0.5, 0.6) is 0 Å². The molecule has 1 aliphatic rings. The normalized spacial score (nSPS) is 19.6. The van der Waals surface area contributed by atoms with Crippen molar-refractivity contribution in [3.63, 3.8) is 0 Å². The molecule has 4 nitrogen and oxygen atoms in total. The van der Waals surface area contributed by atoms with Crippen LogP contribution in [0.1, 0.15) is 43.6 Å². The molecule has 2 rings (SSSR count). The van der Waals surface area contributed by atoms with Gasteiger partial charge in [0.2, 0.25) is 0 Å². The second-order valence-corrected chi connectivity index (χ2v) is 6.41. The Balaban J connectivity index is 1.91. The standard InChI is InChI=1S/C16H23BO4/c1-15(2)16(3,4)21-17(20-15)11-10-12-6-8-13(9-7-12)14(18)19-5/h6-9H,10-11H2,1-5H3. The Kier molecular flexibility index (Phi) is 4.44. The fourth-order valence-electron chi connectivity index (χ4n) is 2.29. The number of benzene rings is 1. The Labute approximate surface area is 126 Å². The van der Waals surface area contributed by atoms with Gasteiger partial charge in [-0.05, 0) is 58.1 Å². The van der Waals surface area contributed by atoms with Crippen LogP contribution in [0.2, 0.25) is 6.32 Å². The van der Waals surface area contributed by atoms with Gasteiger partial charge in [-0.3, -0.25) is 0 Å². The summed E-state index contributed by atoms with van der Waals surface area (Å²) >= 11 is 0. The molecule has 0 saturated carbocycles. The highest BCUT2D eigenvalue weighted by atomic mass is 16.7. The van der Waals surface area contributed by atoms with E-state index >= 15 is 0 Å². The first-order valence-corrected chi connectivity index (χ1v) is 7.28. The van der Waals surface area contributed by atoms with Crippen molar-refractivity contribution in [2.24, 2.45) is 0 Å². The van der Waals surface area contributed by atoms with Crippen LogP contribution in [0.4, 0.5) is 0 Å². The molecule has 1 heterocycles. The zero-order valence-electron chi connectivity index (χ0n) is 13.4. The van der Waals surface area contributed by atoms with E-state index in [-0.39, 0.29) is 24.3 Å². The molecule has 1 aliphatic heterocycles. The molecule has 5 heteroatoms. The predicted octanol–water partition coefficient (Wildman–Crippen LogP) is 3.11. The highest BCUT2D eigenvalue weighted by molar-refractivity contribution is 6.45. The van der Waals surface area contributed by atoms with Crippen LogP contribution in [0, 0.1) is 0 Å². The quantitative estimate of drug-likeness (QED) is 0.631. The van der Waals surface area contributed by atoms with Gasteiger partial charge in [-0.1, -0.05) is 12.1 Å². The Morgan fingerprint density at radius 1 is 1.10 bits per heavy atom. The van der Waals surface area contributed by atoms with Crippen LogP contribution < -0.4 is 0 Å². The second-order valence-electron chi connectivity index (χ2n) is 6.41. The fourth-order valence-corrected chi connectivity index (χ4v) is 2.29. The summed E-state index contributed by atoms with van der Waals surface area (Å²) in [6.45, 7) is 8.21. The van der Waals surface area contributed by atoms with Crippen LogP contribution in [0.25, 0.3) is 0 Å². The summed E-state index contributed by atoms with van der Waals surface area (Å²) in [6.07, 6.45) is 1.64. The molecular formula is C16H23BO4. The average Bonchev–Trinajstić information content (AvgIpc) is 2.64. The van der Waals surface area contributed by atoms with Gasteiger partial charge in [-0.2, -0.15) is 0 Å². The molecule has 1 aromatic rings. The molecule has 1 fully saturated rings. The lowest BCUT2D eigenvalue weighted by atomic mass is 9.81. The second kappa shape index (κ2) is 5.81. The lowest BCUT2D eigenvalue weighted by Gasteiger charge is -2.32. The van der Waals surface area contributed by atoms with Crippen LogP contribution in [0.3, 0.4) is 0 Å². The Morgan fingerprint density at radius 3 is 2.10 bits per heavy atom. The molecule has 0 radical (unpaired) electrons. The molecule has 0 aliphatic carbocycles. The van der Waals surface area contributed by atoms with Crippen LogP contribution in [0.15, 0.2) is 24.3 Å². The zero-order valence-corrected chi connectivity index (χ0v) is 13.4. The third kappa shape index (κ3) is 3.47. The largest absolute Gasteiger partial charge is 0.465 e. The van der Waals surface area contributed by atoms with Gasteiger partial charge in [0.1, 0.15) is 0 Å². The minimum absolute atomic E-state index is 0.185. The molecule has 0 atom stereocenters. The van der Waals surface area contributed by atoms with Crippen molar-refractivity contribution in [1.82, 2.24) is 0 Å². The topological polar surface area (TPSA) is 44.8 Å². The Hall–Kier alpha value is -1.33. The van der Waals surface area contributed by atoms with E-state index < -0.39 is 0 Å². The average molecular weight is 290 g/mol. The Morgan fingerprint density at radius 2 is 1.62 bits per heavy atom. The van der Waals surface area contributed by atoms with E-state index in [1.807, 2.05) is 12.1 Å². The lowest BCUT2D eigenvalue weighted by molar-refractivity contribution is 0.00578. The molecule has 1 aromatic carbocycles. The van der Waals surface area contributed by atoms with Gasteiger partial charge in [-0.25, -0.2) is 4.79 Å². The van der Waals surface area contributed by atoms with Crippen molar-refractivity contribution in [1.29, 1.82) is 0 Å². The number of hydrogen-bond acceptors (Lipinski definition) is 4. The van der Waals surface area contributed by atoms with Gasteiger partial charge in [0.25, 0.3) is 0 Å². The number of ether oxygens (including phenoxy) is 1. The summed E-state index contributed by atoms with van der Waals surface area (Å²) in [6, 6.07) is 7.45. The van der Waals surface area contributed by atoms with Gasteiger partial charge in [0.15, 0.2) is 0 Å². The highest BCUT2D eigenvalue weighted by Crippen LogP contribution is 2.37. The smallest absolute Gasteiger partial charge is 0.458 e. The third-order valence-corrected chi connectivity index (χ3v) is 4.35. The molecule has 0 aromatic heterocycles. The van der Waals surface area contributed by atoms with Crippen molar-refractivity contribution < 1.29 is 18.8 Å². The predicted molar refractivity (Wildman–Crippen MR) is 82.4 cm³/mol. The number of aryl methyl sites for hydroxylation is 1. The van der Waals surface area contributed by atoms with Gasteiger partial charge in [0, 0.05) is 0 Å². The molecule has 21 heavy (non-hydrogen) atoms. The van der Waals surface area contributed by atoms with E-state index in [2.05, 4.69) is 32.4 Å². The number of methoxy groups -OCH3 is 1. The third-order valence-electron chi connectivity index (χ3n) is 4.35. The van der Waals surface area contributed by atoms with Crippen LogP contribution in [-0.2, 0) is 20.5 Å². The molecular weight excluding hydrogens is 267 g/mol. The molecule has 0 amide bonds. The van der Waals surface area contributed by atoms with Crippen LogP contribution in [-0.4, -0.2) is 31.4 Å². The lowest BCUT2D eigenvalue weighted by Crippen LogP contribution is -2.41. The summed E-state index contributed by atoms with van der Waals surface area (Å²) in [5.74, 6) is -0.312. The van der Waals surface area contributed by atoms with E-state index in [0.29, 0.717) is 5.56 Å². The summed E-state index contributed by atoms with van der Waals surface area (Å²) in [4.78, 5) is 11.4. The molecule has 0 N–H and O–H groups in total. The number of carbonyl (C=O) groups excluding carboxylic acids is 1. The molecule has 1 saturated heterocycles. The van der Waals surface area contributed by atoms with Crippen molar-refractivity contribution in [3.8, 4) is 0 Å². The van der Waals surface area contributed by atoms with Crippen molar-refractivity contribution >= 4 is 13.1 Å². The van der Waals surface area contributed by atoms with Crippen molar-refractivity contribution in [2.75, 3.05) is 7.11 Å². The molecule has 0 unspecified atom stereocenters. The minimum Gasteiger partial charge on any atom is -0.465 e. The monoisotopic (exact) mass is 290 g/mol. The maximum atomic E-state index is 11.4. The van der Waals surface area contributed by atoms with Gasteiger partial charge < -0.3 is 14.0 Å². The highest BCUT2D eigenvalue weighted by Gasteiger charge is 2.50. The number of rotatable bonds is 4. The SMILES string of the molecule is COC(=O)c1ccc(CCB2OC(C)(C)C(C)(C)O2)cc1. The summed E-state index contributed by atoms with van der Waals surface area (Å²) in [5.41, 5.74) is 1.15. The zero-order chi connectivity index (χ0) is 15.7. The molecule has 114 valence electrons. The summed E-state index contributed by atoms with van der Waals surface area (Å²) in [7, 11) is 1.20. The van der Waals surface area contributed by atoms with Crippen molar-refractivity contribution in [3.05, 3.63) is 35.4 Å². The van der Waals surface area contributed by atoms with E-state index in [1.54, 1.807) is 12.1 Å². The van der Waals surface area contributed by atoms with E-state index in [0.717, 1.165) is 18.3 Å². The van der Waals surface area contributed by atoms with Crippen molar-refractivity contribution in [2.45, 2.75) is 51.6 Å². The van der Waals surface area contributed by atoms with Gasteiger partial charge >= 0.3 is 13.1 Å². The summed E-state index contributed by atoms with van der Waals surface area (Å²) in [5, 5.41) is 0. The first kappa shape index (κ1) is 16.1.